The summed E-state index contributed by atoms with van der Waals surface area (Å²) in [5, 5.41) is 14.3. The smallest absolute Gasteiger partial charge is 0.293 e. The lowest BCUT2D eigenvalue weighted by Gasteiger charge is -2.13. The Bertz CT molecular complexity index is 974. The van der Waals surface area contributed by atoms with E-state index >= 15 is 0 Å². The summed E-state index contributed by atoms with van der Waals surface area (Å²) in [4.78, 5) is 10.5. The van der Waals surface area contributed by atoms with Gasteiger partial charge in [0.1, 0.15) is 11.4 Å². The van der Waals surface area contributed by atoms with Crippen LogP contribution in [0.5, 0.6) is 5.75 Å². The number of nitrogens with zero attached hydrogens (tertiary/aromatic N) is 1. The van der Waals surface area contributed by atoms with Crippen molar-refractivity contribution in [1.29, 1.82) is 0 Å². The van der Waals surface area contributed by atoms with Gasteiger partial charge in [0.2, 0.25) is 10.0 Å². The molecule has 0 aliphatic carbocycles. The van der Waals surface area contributed by atoms with Crippen LogP contribution in [0.4, 0.5) is 11.4 Å². The topological polar surface area (TPSA) is 111 Å². The number of sulfonamides is 1. The lowest BCUT2D eigenvalue weighted by atomic mass is 10.1. The lowest BCUT2D eigenvalue weighted by molar-refractivity contribution is -0.384. The number of rotatable bonds is 9. The number of anilines is 1. The van der Waals surface area contributed by atoms with E-state index < -0.39 is 14.9 Å². The summed E-state index contributed by atoms with van der Waals surface area (Å²) >= 11 is 0. The maximum Gasteiger partial charge on any atom is 0.293 e. The normalized spacial score (nSPS) is 11.3. The van der Waals surface area contributed by atoms with Crippen LogP contribution < -0.4 is 14.8 Å². The molecule has 0 radical (unpaired) electrons. The van der Waals surface area contributed by atoms with Gasteiger partial charge in [-0.25, -0.2) is 13.1 Å². The third-order valence-corrected chi connectivity index (χ3v) is 5.82. The van der Waals surface area contributed by atoms with Gasteiger partial charge in [-0.05, 0) is 69.1 Å². The standard InChI is InChI=1S/C19H25N3O5S/c1-13-10-14(2)15(3)19(11-13)27-9-5-8-21-17-7-6-16(28(25,26)20-4)12-18(17)22(23)24/h6-7,10-12,20-21H,5,8-9H2,1-4H3. The van der Waals surface area contributed by atoms with Crippen molar-refractivity contribution < 1.29 is 18.1 Å². The van der Waals surface area contributed by atoms with Crippen LogP contribution in [0.25, 0.3) is 0 Å². The molecular formula is C19H25N3O5S. The van der Waals surface area contributed by atoms with Gasteiger partial charge in [-0.3, -0.25) is 10.1 Å². The Kier molecular flexibility index (Phi) is 6.98. The number of benzene rings is 2. The number of ether oxygens (including phenoxy) is 1. The Balaban J connectivity index is 1.99. The third-order valence-electron chi connectivity index (χ3n) is 4.40. The number of hydrogen-bond acceptors (Lipinski definition) is 6. The van der Waals surface area contributed by atoms with Crippen molar-refractivity contribution >= 4 is 21.4 Å². The maximum atomic E-state index is 11.8. The molecule has 2 aromatic rings. The van der Waals surface area contributed by atoms with Gasteiger partial charge in [0.25, 0.3) is 5.69 Å². The molecule has 8 nitrogen and oxygen atoms in total. The summed E-state index contributed by atoms with van der Waals surface area (Å²) < 4.78 is 31.6. The Morgan fingerprint density at radius 3 is 2.50 bits per heavy atom. The van der Waals surface area contributed by atoms with Crippen molar-refractivity contribution in [2.24, 2.45) is 0 Å². The van der Waals surface area contributed by atoms with E-state index in [4.69, 9.17) is 4.74 Å². The number of nitro groups is 1. The molecule has 0 saturated carbocycles. The van der Waals surface area contributed by atoms with Gasteiger partial charge in [0.15, 0.2) is 0 Å². The third kappa shape index (κ3) is 5.20. The Hall–Kier alpha value is -2.65. The molecular weight excluding hydrogens is 382 g/mol. The second kappa shape index (κ2) is 9.03. The first kappa shape index (κ1) is 21.6. The summed E-state index contributed by atoms with van der Waals surface area (Å²) in [6.07, 6.45) is 0.625. The first-order valence-corrected chi connectivity index (χ1v) is 10.3. The van der Waals surface area contributed by atoms with Crippen LogP contribution >= 0.6 is 0 Å². The predicted molar refractivity (Wildman–Crippen MR) is 109 cm³/mol. The monoisotopic (exact) mass is 407 g/mol. The lowest BCUT2D eigenvalue weighted by Crippen LogP contribution is -2.19. The van der Waals surface area contributed by atoms with Crippen molar-refractivity contribution in [1.82, 2.24) is 4.72 Å². The minimum Gasteiger partial charge on any atom is -0.493 e. The van der Waals surface area contributed by atoms with Crippen LogP contribution in [0, 0.1) is 30.9 Å². The molecule has 0 aliphatic rings. The highest BCUT2D eigenvalue weighted by Gasteiger charge is 2.20. The molecule has 2 N–H and O–H groups in total. The van der Waals surface area contributed by atoms with Crippen molar-refractivity contribution in [2.45, 2.75) is 32.1 Å². The fourth-order valence-corrected chi connectivity index (χ4v) is 3.47. The summed E-state index contributed by atoms with van der Waals surface area (Å²) in [5.74, 6) is 0.838. The number of hydrogen-bond donors (Lipinski definition) is 2. The van der Waals surface area contributed by atoms with Crippen molar-refractivity contribution in [2.75, 3.05) is 25.5 Å². The zero-order valence-corrected chi connectivity index (χ0v) is 17.2. The summed E-state index contributed by atoms with van der Waals surface area (Å²) in [6, 6.07) is 7.86. The molecule has 0 bridgehead atoms. The number of aryl methyl sites for hydroxylation is 2. The van der Waals surface area contributed by atoms with Crippen molar-refractivity contribution in [3.63, 3.8) is 0 Å². The highest BCUT2D eigenvalue weighted by Crippen LogP contribution is 2.27. The fourth-order valence-electron chi connectivity index (χ4n) is 2.73. The van der Waals surface area contributed by atoms with E-state index in [2.05, 4.69) is 16.1 Å². The van der Waals surface area contributed by atoms with E-state index in [1.165, 1.54) is 24.7 Å². The van der Waals surface area contributed by atoms with Gasteiger partial charge >= 0.3 is 0 Å². The highest BCUT2D eigenvalue weighted by molar-refractivity contribution is 7.89. The van der Waals surface area contributed by atoms with Crippen LogP contribution in [0.3, 0.4) is 0 Å². The molecule has 152 valence electrons. The van der Waals surface area contributed by atoms with Crippen LogP contribution in [0.2, 0.25) is 0 Å². The van der Waals surface area contributed by atoms with Gasteiger partial charge in [0, 0.05) is 12.6 Å². The zero-order valence-electron chi connectivity index (χ0n) is 16.4. The Labute approximate surface area is 165 Å². The molecule has 2 aromatic carbocycles. The first-order valence-electron chi connectivity index (χ1n) is 8.82. The van der Waals surface area contributed by atoms with Crippen molar-refractivity contribution in [3.8, 4) is 5.75 Å². The largest absolute Gasteiger partial charge is 0.493 e. The molecule has 0 fully saturated rings. The average Bonchev–Trinajstić information content (AvgIpc) is 2.64. The minimum atomic E-state index is -3.74. The predicted octanol–water partition coefficient (Wildman–Crippen LogP) is 3.31. The second-order valence-corrected chi connectivity index (χ2v) is 8.36. The quantitative estimate of drug-likeness (QED) is 0.375. The van der Waals surface area contributed by atoms with Crippen LogP contribution in [0.1, 0.15) is 23.1 Å². The van der Waals surface area contributed by atoms with Crippen LogP contribution in [-0.4, -0.2) is 33.5 Å². The molecule has 0 aliphatic heterocycles. The molecule has 0 atom stereocenters. The SMILES string of the molecule is CNS(=O)(=O)c1ccc(NCCCOc2cc(C)cc(C)c2C)c([N+](=O)[O-])c1. The van der Waals surface area contributed by atoms with Gasteiger partial charge in [-0.2, -0.15) is 0 Å². The summed E-state index contributed by atoms with van der Waals surface area (Å²) in [6.45, 7) is 6.96. The van der Waals surface area contributed by atoms with Gasteiger partial charge < -0.3 is 10.1 Å². The summed E-state index contributed by atoms with van der Waals surface area (Å²) in [7, 11) is -2.49. The number of nitro benzene ring substituents is 1. The molecule has 0 saturated heterocycles. The molecule has 0 heterocycles. The Morgan fingerprint density at radius 1 is 1.14 bits per heavy atom. The van der Waals surface area contributed by atoms with E-state index in [1.807, 2.05) is 26.8 Å². The molecule has 0 aromatic heterocycles. The van der Waals surface area contributed by atoms with Crippen LogP contribution in [0.15, 0.2) is 35.2 Å². The molecule has 0 unspecified atom stereocenters. The fraction of sp³-hybridized carbons (Fsp3) is 0.368. The van der Waals surface area contributed by atoms with Gasteiger partial charge in [-0.15, -0.1) is 0 Å². The molecule has 9 heteroatoms. The number of nitrogens with one attached hydrogen (secondary N) is 2. The van der Waals surface area contributed by atoms with E-state index in [1.54, 1.807) is 0 Å². The second-order valence-electron chi connectivity index (χ2n) is 6.48. The van der Waals surface area contributed by atoms with E-state index in [9.17, 15) is 18.5 Å². The van der Waals surface area contributed by atoms with Crippen LogP contribution in [-0.2, 0) is 10.0 Å². The molecule has 0 spiro atoms. The zero-order chi connectivity index (χ0) is 20.9. The highest BCUT2D eigenvalue weighted by atomic mass is 32.2. The average molecular weight is 407 g/mol. The maximum absolute atomic E-state index is 11.8. The first-order chi connectivity index (χ1) is 13.2. The van der Waals surface area contributed by atoms with Gasteiger partial charge in [0.05, 0.1) is 16.4 Å². The molecule has 28 heavy (non-hydrogen) atoms. The van der Waals surface area contributed by atoms with E-state index in [0.717, 1.165) is 22.9 Å². The molecule has 0 amide bonds. The van der Waals surface area contributed by atoms with E-state index in [-0.39, 0.29) is 16.3 Å². The Morgan fingerprint density at radius 2 is 1.86 bits per heavy atom. The minimum absolute atomic E-state index is 0.152. The molecule has 2 rings (SSSR count). The van der Waals surface area contributed by atoms with Gasteiger partial charge in [-0.1, -0.05) is 6.07 Å². The summed E-state index contributed by atoms with van der Waals surface area (Å²) in [5.41, 5.74) is 3.37. The van der Waals surface area contributed by atoms with Crippen molar-refractivity contribution in [3.05, 3.63) is 57.1 Å². The van der Waals surface area contributed by atoms with E-state index in [0.29, 0.717) is 19.6 Å².